The number of rotatable bonds is 7. The second-order valence-corrected chi connectivity index (χ2v) is 7.98. The second kappa shape index (κ2) is 9.11. The fourth-order valence-corrected chi connectivity index (χ4v) is 3.30. The smallest absolute Gasteiger partial charge is 0.263 e. The normalized spacial score (nSPS) is 12.1. The predicted molar refractivity (Wildman–Crippen MR) is 116 cm³/mol. The van der Waals surface area contributed by atoms with E-state index < -0.39 is 6.10 Å². The van der Waals surface area contributed by atoms with E-state index in [1.807, 2.05) is 44.2 Å². The zero-order chi connectivity index (χ0) is 21.8. The number of aromatic nitrogens is 2. The molecule has 1 aromatic heterocycles. The first-order valence-electron chi connectivity index (χ1n) is 10.2. The maximum absolute atomic E-state index is 12.9. The van der Waals surface area contributed by atoms with Crippen LogP contribution in [0.25, 0.3) is 11.4 Å². The molecule has 0 radical (unpaired) electrons. The van der Waals surface area contributed by atoms with Gasteiger partial charge >= 0.3 is 0 Å². The molecule has 0 N–H and O–H groups in total. The van der Waals surface area contributed by atoms with Crippen LogP contribution in [0.2, 0.25) is 0 Å². The van der Waals surface area contributed by atoms with Gasteiger partial charge in [0.25, 0.3) is 5.91 Å². The second-order valence-electron chi connectivity index (χ2n) is 7.98. The van der Waals surface area contributed by atoms with E-state index in [0.29, 0.717) is 17.6 Å². The van der Waals surface area contributed by atoms with Gasteiger partial charge in [0.05, 0.1) is 6.54 Å². The highest BCUT2D eigenvalue weighted by atomic mass is 16.5. The first kappa shape index (κ1) is 21.6. The van der Waals surface area contributed by atoms with E-state index >= 15 is 0 Å². The van der Waals surface area contributed by atoms with Crippen LogP contribution in [-0.2, 0) is 11.3 Å². The Hall–Kier alpha value is -3.15. The van der Waals surface area contributed by atoms with Crippen molar-refractivity contribution in [3.63, 3.8) is 0 Å². The third-order valence-corrected chi connectivity index (χ3v) is 5.05. The summed E-state index contributed by atoms with van der Waals surface area (Å²) in [7, 11) is 1.71. The highest BCUT2D eigenvalue weighted by molar-refractivity contribution is 5.80. The summed E-state index contributed by atoms with van der Waals surface area (Å²) >= 11 is 0. The van der Waals surface area contributed by atoms with E-state index in [1.54, 1.807) is 18.9 Å². The topological polar surface area (TPSA) is 68.5 Å². The number of hydrogen-bond donors (Lipinski definition) is 0. The van der Waals surface area contributed by atoms with E-state index in [-0.39, 0.29) is 12.5 Å². The van der Waals surface area contributed by atoms with Gasteiger partial charge in [0.2, 0.25) is 11.7 Å². The molecule has 6 nitrogen and oxygen atoms in total. The monoisotopic (exact) mass is 407 g/mol. The van der Waals surface area contributed by atoms with Crippen LogP contribution in [0.15, 0.2) is 47.0 Å². The Morgan fingerprint density at radius 2 is 1.87 bits per heavy atom. The number of carbonyl (C=O) groups is 1. The van der Waals surface area contributed by atoms with Crippen LogP contribution in [0.4, 0.5) is 0 Å². The highest BCUT2D eigenvalue weighted by Gasteiger charge is 2.23. The summed E-state index contributed by atoms with van der Waals surface area (Å²) in [6, 6.07) is 13.9. The third kappa shape index (κ3) is 4.87. The summed E-state index contributed by atoms with van der Waals surface area (Å²) in [6.07, 6.45) is -0.631. The molecule has 0 aliphatic heterocycles. The molecule has 0 saturated heterocycles. The Morgan fingerprint density at radius 3 is 2.57 bits per heavy atom. The van der Waals surface area contributed by atoms with Crippen LogP contribution < -0.4 is 4.74 Å². The summed E-state index contributed by atoms with van der Waals surface area (Å²) in [5.74, 6) is 1.81. The highest BCUT2D eigenvalue weighted by Crippen LogP contribution is 2.28. The summed E-state index contributed by atoms with van der Waals surface area (Å²) < 4.78 is 11.4. The lowest BCUT2D eigenvalue weighted by Crippen LogP contribution is -2.37. The minimum atomic E-state index is -0.631. The van der Waals surface area contributed by atoms with E-state index in [4.69, 9.17) is 9.26 Å². The van der Waals surface area contributed by atoms with E-state index in [2.05, 4.69) is 36.1 Å². The van der Waals surface area contributed by atoms with Crippen molar-refractivity contribution in [2.24, 2.45) is 0 Å². The van der Waals surface area contributed by atoms with Gasteiger partial charge in [0, 0.05) is 12.6 Å². The molecule has 30 heavy (non-hydrogen) atoms. The van der Waals surface area contributed by atoms with Crippen molar-refractivity contribution < 1.29 is 14.1 Å². The van der Waals surface area contributed by atoms with Crippen molar-refractivity contribution in [3.8, 4) is 17.1 Å². The fourth-order valence-electron chi connectivity index (χ4n) is 3.30. The Morgan fingerprint density at radius 1 is 1.13 bits per heavy atom. The minimum Gasteiger partial charge on any atom is -0.481 e. The molecular weight excluding hydrogens is 378 g/mol. The van der Waals surface area contributed by atoms with Crippen LogP contribution in [0, 0.1) is 13.8 Å². The lowest BCUT2D eigenvalue weighted by molar-refractivity contribution is -0.137. The number of likely N-dealkylation sites (N-methyl/N-ethyl adjacent to an activating group) is 1. The first-order chi connectivity index (χ1) is 14.3. The number of hydrogen-bond acceptors (Lipinski definition) is 5. The quantitative estimate of drug-likeness (QED) is 0.557. The Kier molecular flexibility index (Phi) is 6.55. The van der Waals surface area contributed by atoms with Crippen LogP contribution in [0.3, 0.4) is 0 Å². The van der Waals surface area contributed by atoms with Gasteiger partial charge in [-0.15, -0.1) is 0 Å². The van der Waals surface area contributed by atoms with Crippen molar-refractivity contribution in [3.05, 3.63) is 65.0 Å². The summed E-state index contributed by atoms with van der Waals surface area (Å²) in [4.78, 5) is 18.8. The van der Waals surface area contributed by atoms with Crippen LogP contribution in [0.5, 0.6) is 5.75 Å². The van der Waals surface area contributed by atoms with Crippen LogP contribution in [-0.4, -0.2) is 34.1 Å². The third-order valence-electron chi connectivity index (χ3n) is 5.05. The molecule has 0 unspecified atom stereocenters. The van der Waals surface area contributed by atoms with Crippen molar-refractivity contribution >= 4 is 5.91 Å². The van der Waals surface area contributed by atoms with E-state index in [1.165, 1.54) is 0 Å². The van der Waals surface area contributed by atoms with Gasteiger partial charge in [0.15, 0.2) is 6.10 Å². The maximum atomic E-state index is 12.9. The van der Waals surface area contributed by atoms with Crippen molar-refractivity contribution in [1.29, 1.82) is 0 Å². The standard InChI is InChI=1S/C24H29N3O3/c1-15(2)19-12-11-16(3)13-21(19)29-18(5)24(28)27(6)14-22-25-23(26-30-22)20-10-8-7-9-17(20)4/h7-13,15,18H,14H2,1-6H3/t18-/m0/s1. The molecule has 2 aromatic carbocycles. The molecule has 0 spiro atoms. The molecule has 0 bridgehead atoms. The lowest BCUT2D eigenvalue weighted by Gasteiger charge is -2.23. The lowest BCUT2D eigenvalue weighted by atomic mass is 10.0. The average molecular weight is 408 g/mol. The van der Waals surface area contributed by atoms with Crippen molar-refractivity contribution in [1.82, 2.24) is 15.0 Å². The van der Waals surface area contributed by atoms with E-state index in [9.17, 15) is 4.79 Å². The van der Waals surface area contributed by atoms with Crippen molar-refractivity contribution in [2.45, 2.75) is 53.2 Å². The largest absolute Gasteiger partial charge is 0.481 e. The maximum Gasteiger partial charge on any atom is 0.263 e. The summed E-state index contributed by atoms with van der Waals surface area (Å²) in [6.45, 7) is 10.2. The Bertz CT molecular complexity index is 1030. The van der Waals surface area contributed by atoms with Gasteiger partial charge in [-0.2, -0.15) is 4.98 Å². The molecule has 1 heterocycles. The number of aryl methyl sites for hydroxylation is 2. The molecule has 1 amide bonds. The van der Waals surface area contributed by atoms with Gasteiger partial charge in [-0.25, -0.2) is 0 Å². The van der Waals surface area contributed by atoms with Gasteiger partial charge in [-0.3, -0.25) is 4.79 Å². The molecule has 0 aliphatic rings. The first-order valence-corrected chi connectivity index (χ1v) is 10.2. The molecule has 1 atom stereocenters. The number of nitrogens with zero attached hydrogens (tertiary/aromatic N) is 3. The fraction of sp³-hybridized carbons (Fsp3) is 0.375. The summed E-state index contributed by atoms with van der Waals surface area (Å²) in [5.41, 5.74) is 4.16. The molecule has 0 fully saturated rings. The molecule has 3 rings (SSSR count). The molecular formula is C24H29N3O3. The zero-order valence-electron chi connectivity index (χ0n) is 18.5. The Labute approximate surface area is 177 Å². The van der Waals surface area contributed by atoms with Gasteiger partial charge in [-0.05, 0) is 49.4 Å². The van der Waals surface area contributed by atoms with Crippen LogP contribution in [0.1, 0.15) is 49.3 Å². The Balaban J connectivity index is 1.68. The zero-order valence-corrected chi connectivity index (χ0v) is 18.5. The molecule has 0 aliphatic carbocycles. The number of amides is 1. The van der Waals surface area contributed by atoms with Gasteiger partial charge in [0.1, 0.15) is 5.75 Å². The predicted octanol–water partition coefficient (Wildman–Crippen LogP) is 4.90. The van der Waals surface area contributed by atoms with Gasteiger partial charge < -0.3 is 14.2 Å². The van der Waals surface area contributed by atoms with E-state index in [0.717, 1.165) is 28.0 Å². The summed E-state index contributed by atoms with van der Waals surface area (Å²) in [5, 5.41) is 4.06. The number of benzene rings is 2. The van der Waals surface area contributed by atoms with Gasteiger partial charge in [-0.1, -0.05) is 55.4 Å². The SMILES string of the molecule is Cc1ccc(C(C)C)c(O[C@@H](C)C(=O)N(C)Cc2nc(-c3ccccc3C)no2)c1. The van der Waals surface area contributed by atoms with Crippen LogP contribution >= 0.6 is 0 Å². The minimum absolute atomic E-state index is 0.151. The molecule has 6 heteroatoms. The number of ether oxygens (including phenoxy) is 1. The van der Waals surface area contributed by atoms with Crippen molar-refractivity contribution in [2.75, 3.05) is 7.05 Å². The molecule has 158 valence electrons. The molecule has 3 aromatic rings. The average Bonchev–Trinajstić information content (AvgIpc) is 3.15. The number of carbonyl (C=O) groups excluding carboxylic acids is 1. The molecule has 0 saturated carbocycles.